The summed E-state index contributed by atoms with van der Waals surface area (Å²) in [6.45, 7) is 5.46. The molecule has 0 amide bonds. The van der Waals surface area contributed by atoms with Crippen molar-refractivity contribution in [3.05, 3.63) is 18.3 Å². The van der Waals surface area contributed by atoms with Crippen molar-refractivity contribution in [1.82, 2.24) is 9.88 Å². The first-order valence-corrected chi connectivity index (χ1v) is 7.02. The van der Waals surface area contributed by atoms with Crippen LogP contribution in [0.3, 0.4) is 0 Å². The zero-order valence-electron chi connectivity index (χ0n) is 11.1. The van der Waals surface area contributed by atoms with Crippen molar-refractivity contribution in [3.63, 3.8) is 0 Å². The summed E-state index contributed by atoms with van der Waals surface area (Å²) in [5.41, 5.74) is 0.441. The van der Waals surface area contributed by atoms with Crippen molar-refractivity contribution < 1.29 is 10.0 Å². The van der Waals surface area contributed by atoms with Crippen LogP contribution in [0.4, 0.5) is 5.82 Å². The smallest absolute Gasteiger partial charge is 0.423 e. The maximum absolute atomic E-state index is 9.04. The topological polar surface area (TPSA) is 59.8 Å². The molecule has 1 saturated carbocycles. The lowest BCUT2D eigenvalue weighted by Gasteiger charge is -2.35. The van der Waals surface area contributed by atoms with E-state index in [2.05, 4.69) is 14.8 Å². The number of nitrogens with zero attached hydrogens (tertiary/aromatic N) is 3. The van der Waals surface area contributed by atoms with Gasteiger partial charge in [-0.3, -0.25) is 4.90 Å². The van der Waals surface area contributed by atoms with Crippen LogP contribution in [0.25, 0.3) is 0 Å². The molecule has 0 radical (unpaired) electrons. The minimum atomic E-state index is -1.43. The van der Waals surface area contributed by atoms with Crippen LogP contribution < -0.4 is 10.4 Å². The van der Waals surface area contributed by atoms with E-state index in [0.717, 1.165) is 37.9 Å². The molecule has 1 aliphatic carbocycles. The van der Waals surface area contributed by atoms with Gasteiger partial charge in [-0.25, -0.2) is 4.98 Å². The SMILES string of the molecule is OB(O)c1ccc(N2CCN(CC3CC3)CC2)nc1. The molecule has 3 rings (SSSR count). The molecule has 0 atom stereocenters. The zero-order chi connectivity index (χ0) is 13.2. The molecule has 102 valence electrons. The Morgan fingerprint density at radius 2 is 1.89 bits per heavy atom. The van der Waals surface area contributed by atoms with E-state index in [1.165, 1.54) is 25.6 Å². The Bertz CT molecular complexity index is 414. The van der Waals surface area contributed by atoms with E-state index < -0.39 is 7.12 Å². The van der Waals surface area contributed by atoms with E-state index in [0.29, 0.717) is 5.46 Å². The second-order valence-corrected chi connectivity index (χ2v) is 5.55. The summed E-state index contributed by atoms with van der Waals surface area (Å²) >= 11 is 0. The molecule has 19 heavy (non-hydrogen) atoms. The fourth-order valence-corrected chi connectivity index (χ4v) is 2.56. The van der Waals surface area contributed by atoms with E-state index >= 15 is 0 Å². The fourth-order valence-electron chi connectivity index (χ4n) is 2.56. The Hall–Kier alpha value is -1.11. The Kier molecular flexibility index (Phi) is 3.73. The quantitative estimate of drug-likeness (QED) is 0.701. The molecule has 2 N–H and O–H groups in total. The maximum atomic E-state index is 9.04. The van der Waals surface area contributed by atoms with Crippen molar-refractivity contribution in [2.45, 2.75) is 12.8 Å². The number of pyridine rings is 1. The first-order chi connectivity index (χ1) is 9.22. The highest BCUT2D eigenvalue weighted by Gasteiger charge is 2.26. The molecule has 6 heteroatoms. The highest BCUT2D eigenvalue weighted by Crippen LogP contribution is 2.30. The normalized spacial score (nSPS) is 20.6. The van der Waals surface area contributed by atoms with Gasteiger partial charge in [0.2, 0.25) is 0 Å². The van der Waals surface area contributed by atoms with Gasteiger partial charge in [0.05, 0.1) is 0 Å². The largest absolute Gasteiger partial charge is 0.490 e. The summed E-state index contributed by atoms with van der Waals surface area (Å²) < 4.78 is 0. The maximum Gasteiger partial charge on any atom is 0.490 e. The first-order valence-electron chi connectivity index (χ1n) is 7.02. The highest BCUT2D eigenvalue weighted by atomic mass is 16.4. The van der Waals surface area contributed by atoms with Crippen molar-refractivity contribution in [2.75, 3.05) is 37.6 Å². The van der Waals surface area contributed by atoms with Crippen LogP contribution in [0.2, 0.25) is 0 Å². The van der Waals surface area contributed by atoms with Crippen molar-refractivity contribution in [1.29, 1.82) is 0 Å². The molecular formula is C13H20BN3O2. The third kappa shape index (κ3) is 3.26. The molecule has 0 unspecified atom stereocenters. The molecule has 2 heterocycles. The van der Waals surface area contributed by atoms with Gasteiger partial charge in [0.1, 0.15) is 5.82 Å². The number of rotatable bonds is 4. The van der Waals surface area contributed by atoms with E-state index in [4.69, 9.17) is 10.0 Å². The van der Waals surface area contributed by atoms with Gasteiger partial charge in [-0.15, -0.1) is 0 Å². The van der Waals surface area contributed by atoms with Crippen LogP contribution in [0, 0.1) is 5.92 Å². The molecule has 1 aromatic rings. The lowest BCUT2D eigenvalue weighted by molar-refractivity contribution is 0.247. The van der Waals surface area contributed by atoms with Crippen molar-refractivity contribution in [2.24, 2.45) is 5.92 Å². The molecule has 0 spiro atoms. The number of piperazine rings is 1. The lowest BCUT2D eigenvalue weighted by atomic mass is 9.82. The van der Waals surface area contributed by atoms with E-state index in [9.17, 15) is 0 Å². The van der Waals surface area contributed by atoms with Crippen LogP contribution in [0.15, 0.2) is 18.3 Å². The minimum Gasteiger partial charge on any atom is -0.423 e. The minimum absolute atomic E-state index is 0.441. The number of aromatic nitrogens is 1. The van der Waals surface area contributed by atoms with E-state index in [-0.39, 0.29) is 0 Å². The Morgan fingerprint density at radius 3 is 2.42 bits per heavy atom. The second-order valence-electron chi connectivity index (χ2n) is 5.55. The third-order valence-electron chi connectivity index (χ3n) is 3.98. The molecule has 1 aliphatic heterocycles. The number of hydrogen-bond acceptors (Lipinski definition) is 5. The molecule has 2 aliphatic rings. The van der Waals surface area contributed by atoms with Crippen LogP contribution in [-0.4, -0.2) is 59.8 Å². The van der Waals surface area contributed by atoms with Crippen LogP contribution in [0.1, 0.15) is 12.8 Å². The highest BCUT2D eigenvalue weighted by molar-refractivity contribution is 6.58. The van der Waals surface area contributed by atoms with Gasteiger partial charge in [0.25, 0.3) is 0 Å². The average Bonchev–Trinajstić information content (AvgIpc) is 3.24. The summed E-state index contributed by atoms with van der Waals surface area (Å²) in [7, 11) is -1.43. The van der Waals surface area contributed by atoms with Gasteiger partial charge in [-0.1, -0.05) is 6.07 Å². The fraction of sp³-hybridized carbons (Fsp3) is 0.615. The first kappa shape index (κ1) is 12.9. The molecule has 1 saturated heterocycles. The summed E-state index contributed by atoms with van der Waals surface area (Å²) in [4.78, 5) is 9.11. The zero-order valence-corrected chi connectivity index (χ0v) is 11.1. The number of anilines is 1. The second kappa shape index (κ2) is 5.49. The van der Waals surface area contributed by atoms with Crippen LogP contribution in [0.5, 0.6) is 0 Å². The molecule has 0 bridgehead atoms. The summed E-state index contributed by atoms with van der Waals surface area (Å²) in [6.07, 6.45) is 4.36. The van der Waals surface area contributed by atoms with Crippen LogP contribution in [-0.2, 0) is 0 Å². The molecule has 1 aromatic heterocycles. The summed E-state index contributed by atoms with van der Waals surface area (Å²) in [6, 6.07) is 3.59. The van der Waals surface area contributed by atoms with Gasteiger partial charge in [-0.05, 0) is 24.8 Å². The third-order valence-corrected chi connectivity index (χ3v) is 3.98. The predicted molar refractivity (Wildman–Crippen MR) is 75.4 cm³/mol. The van der Waals surface area contributed by atoms with Gasteiger partial charge in [-0.2, -0.15) is 0 Å². The molecule has 5 nitrogen and oxygen atoms in total. The van der Waals surface area contributed by atoms with Crippen LogP contribution >= 0.6 is 0 Å². The van der Waals surface area contributed by atoms with Crippen molar-refractivity contribution >= 4 is 18.4 Å². The molecule has 2 fully saturated rings. The predicted octanol–water partition coefficient (Wildman–Crippen LogP) is -0.707. The average molecular weight is 261 g/mol. The Morgan fingerprint density at radius 1 is 1.16 bits per heavy atom. The number of hydrogen-bond donors (Lipinski definition) is 2. The lowest BCUT2D eigenvalue weighted by Crippen LogP contribution is -2.47. The van der Waals surface area contributed by atoms with E-state index in [1.54, 1.807) is 6.07 Å². The van der Waals surface area contributed by atoms with Gasteiger partial charge in [0.15, 0.2) is 0 Å². The summed E-state index contributed by atoms with van der Waals surface area (Å²) in [5.74, 6) is 1.88. The van der Waals surface area contributed by atoms with Crippen molar-refractivity contribution in [3.8, 4) is 0 Å². The van der Waals surface area contributed by atoms with Gasteiger partial charge >= 0.3 is 7.12 Å². The monoisotopic (exact) mass is 261 g/mol. The molecular weight excluding hydrogens is 241 g/mol. The Balaban J connectivity index is 1.55. The Labute approximate surface area is 114 Å². The standard InChI is InChI=1S/C13H20BN3O2/c18-14(19)12-3-4-13(15-9-12)17-7-5-16(6-8-17)10-11-1-2-11/h3-4,9,11,18-19H,1-2,5-8,10H2. The molecule has 0 aromatic carbocycles. The summed E-state index contributed by atoms with van der Waals surface area (Å²) in [5, 5.41) is 18.1. The van der Waals surface area contributed by atoms with Gasteiger partial charge < -0.3 is 14.9 Å². The van der Waals surface area contributed by atoms with E-state index in [1.807, 2.05) is 6.07 Å². The van der Waals surface area contributed by atoms with Gasteiger partial charge in [0, 0.05) is 44.4 Å².